The largest absolute Gasteiger partial charge is 0.339 e. The molecule has 1 aliphatic carbocycles. The molecule has 0 saturated heterocycles. The van der Waals surface area contributed by atoms with Gasteiger partial charge in [-0.05, 0) is 30.2 Å². The maximum absolute atomic E-state index is 12.1. The van der Waals surface area contributed by atoms with E-state index in [4.69, 9.17) is 0 Å². The first-order valence-electron chi connectivity index (χ1n) is 6.69. The molecule has 2 aromatic rings. The SMILES string of the molecule is Cc1nc(CN(C)C(=O)CSc2nnnn2C2CC2)cs1. The molecule has 0 bridgehead atoms. The zero-order chi connectivity index (χ0) is 14.8. The second-order valence-electron chi connectivity index (χ2n) is 5.03. The molecule has 1 amide bonds. The summed E-state index contributed by atoms with van der Waals surface area (Å²) in [6, 6.07) is 0.424. The lowest BCUT2D eigenvalue weighted by atomic mass is 10.4. The van der Waals surface area contributed by atoms with Crippen LogP contribution in [0.1, 0.15) is 29.6 Å². The van der Waals surface area contributed by atoms with E-state index < -0.39 is 0 Å². The smallest absolute Gasteiger partial charge is 0.233 e. The van der Waals surface area contributed by atoms with Crippen LogP contribution in [0.3, 0.4) is 0 Å². The molecule has 1 aliphatic rings. The van der Waals surface area contributed by atoms with E-state index in [0.717, 1.165) is 28.7 Å². The molecule has 21 heavy (non-hydrogen) atoms. The van der Waals surface area contributed by atoms with Crippen LogP contribution in [-0.4, -0.2) is 48.8 Å². The number of thiazole rings is 1. The van der Waals surface area contributed by atoms with E-state index in [1.807, 2.05) is 17.0 Å². The third-order valence-corrected chi connectivity index (χ3v) is 4.91. The van der Waals surface area contributed by atoms with E-state index in [2.05, 4.69) is 20.5 Å². The summed E-state index contributed by atoms with van der Waals surface area (Å²) in [6.07, 6.45) is 2.24. The van der Waals surface area contributed by atoms with Crippen molar-refractivity contribution >= 4 is 29.0 Å². The number of hydrogen-bond acceptors (Lipinski definition) is 7. The summed E-state index contributed by atoms with van der Waals surface area (Å²) in [5, 5.41) is 15.4. The summed E-state index contributed by atoms with van der Waals surface area (Å²) in [5.41, 5.74) is 0.932. The van der Waals surface area contributed by atoms with Gasteiger partial charge in [-0.1, -0.05) is 11.8 Å². The first-order chi connectivity index (χ1) is 10.1. The lowest BCUT2D eigenvalue weighted by Crippen LogP contribution is -2.28. The highest BCUT2D eigenvalue weighted by Crippen LogP contribution is 2.36. The number of amides is 1. The average molecular weight is 324 g/mol. The van der Waals surface area contributed by atoms with Crippen LogP contribution in [0.5, 0.6) is 0 Å². The maximum atomic E-state index is 12.1. The number of carbonyl (C=O) groups is 1. The van der Waals surface area contributed by atoms with E-state index >= 15 is 0 Å². The van der Waals surface area contributed by atoms with Gasteiger partial charge in [0.2, 0.25) is 11.1 Å². The second kappa shape index (κ2) is 6.10. The molecule has 7 nitrogen and oxygen atoms in total. The van der Waals surface area contributed by atoms with Crippen LogP contribution in [0.25, 0.3) is 0 Å². The molecule has 9 heteroatoms. The van der Waals surface area contributed by atoms with Gasteiger partial charge in [-0.3, -0.25) is 4.79 Å². The molecule has 0 aliphatic heterocycles. The van der Waals surface area contributed by atoms with Gasteiger partial charge in [-0.2, -0.15) is 0 Å². The molecule has 112 valence electrons. The number of hydrogen-bond donors (Lipinski definition) is 0. The highest BCUT2D eigenvalue weighted by Gasteiger charge is 2.28. The average Bonchev–Trinajstić information content (AvgIpc) is 3.06. The molecule has 2 aromatic heterocycles. The molecule has 3 rings (SSSR count). The molecule has 0 spiro atoms. The van der Waals surface area contributed by atoms with Gasteiger partial charge in [0.05, 0.1) is 29.0 Å². The van der Waals surface area contributed by atoms with E-state index in [1.54, 1.807) is 23.3 Å². The Morgan fingerprint density at radius 1 is 1.57 bits per heavy atom. The van der Waals surface area contributed by atoms with Crippen LogP contribution in [0.4, 0.5) is 0 Å². The fourth-order valence-electron chi connectivity index (χ4n) is 1.88. The Bertz CT molecular complexity index is 635. The number of aryl methyl sites for hydroxylation is 1. The first-order valence-corrected chi connectivity index (χ1v) is 8.55. The number of rotatable bonds is 6. The van der Waals surface area contributed by atoms with Crippen molar-refractivity contribution in [3.8, 4) is 0 Å². The molecule has 0 atom stereocenters. The molecule has 1 fully saturated rings. The fourth-order valence-corrected chi connectivity index (χ4v) is 3.37. The van der Waals surface area contributed by atoms with E-state index in [-0.39, 0.29) is 5.91 Å². The van der Waals surface area contributed by atoms with Crippen molar-refractivity contribution < 1.29 is 4.79 Å². The molecule has 0 radical (unpaired) electrons. The van der Waals surface area contributed by atoms with Crippen molar-refractivity contribution in [2.45, 2.75) is 37.5 Å². The van der Waals surface area contributed by atoms with Crippen LogP contribution in [0, 0.1) is 6.92 Å². The Hall–Kier alpha value is -1.48. The number of thioether (sulfide) groups is 1. The van der Waals surface area contributed by atoms with Crippen molar-refractivity contribution in [1.29, 1.82) is 0 Å². The van der Waals surface area contributed by atoms with Crippen molar-refractivity contribution in [3.63, 3.8) is 0 Å². The summed E-state index contributed by atoms with van der Waals surface area (Å²) >= 11 is 2.99. The third kappa shape index (κ3) is 3.59. The second-order valence-corrected chi connectivity index (χ2v) is 7.04. The number of tetrazole rings is 1. The van der Waals surface area contributed by atoms with Gasteiger partial charge in [0.1, 0.15) is 0 Å². The third-order valence-electron chi connectivity index (χ3n) is 3.17. The van der Waals surface area contributed by atoms with Crippen LogP contribution < -0.4 is 0 Å². The topological polar surface area (TPSA) is 76.8 Å². The quantitative estimate of drug-likeness (QED) is 0.750. The number of carbonyl (C=O) groups excluding carboxylic acids is 1. The van der Waals surface area contributed by atoms with Crippen molar-refractivity contribution in [2.24, 2.45) is 0 Å². The van der Waals surface area contributed by atoms with E-state index in [0.29, 0.717) is 18.3 Å². The van der Waals surface area contributed by atoms with Gasteiger partial charge in [-0.25, -0.2) is 9.67 Å². The summed E-state index contributed by atoms with van der Waals surface area (Å²) in [5.74, 6) is 0.392. The Labute approximate surface area is 130 Å². The van der Waals surface area contributed by atoms with Gasteiger partial charge >= 0.3 is 0 Å². The summed E-state index contributed by atoms with van der Waals surface area (Å²) in [6.45, 7) is 2.50. The standard InChI is InChI=1S/C12H16N6OS2/c1-8-13-9(6-20-8)5-17(2)11(19)7-21-12-14-15-16-18(12)10-3-4-10/h6,10H,3-5,7H2,1-2H3. The van der Waals surface area contributed by atoms with Crippen molar-refractivity contribution in [2.75, 3.05) is 12.8 Å². The van der Waals surface area contributed by atoms with Gasteiger partial charge in [0, 0.05) is 12.4 Å². The Balaban J connectivity index is 1.52. The van der Waals surface area contributed by atoms with Gasteiger partial charge in [0.15, 0.2) is 0 Å². The van der Waals surface area contributed by atoms with Crippen LogP contribution in [-0.2, 0) is 11.3 Å². The fraction of sp³-hybridized carbons (Fsp3) is 0.583. The normalized spacial score (nSPS) is 14.4. The summed E-state index contributed by atoms with van der Waals surface area (Å²) < 4.78 is 1.82. The van der Waals surface area contributed by atoms with Crippen LogP contribution in [0.2, 0.25) is 0 Å². The summed E-state index contributed by atoms with van der Waals surface area (Å²) in [7, 11) is 1.79. The summed E-state index contributed by atoms with van der Waals surface area (Å²) in [4.78, 5) is 18.2. The molecular weight excluding hydrogens is 308 g/mol. The Morgan fingerprint density at radius 3 is 3.05 bits per heavy atom. The van der Waals surface area contributed by atoms with E-state index in [9.17, 15) is 4.79 Å². The lowest BCUT2D eigenvalue weighted by Gasteiger charge is -2.15. The monoisotopic (exact) mass is 324 g/mol. The Kier molecular flexibility index (Phi) is 4.20. The highest BCUT2D eigenvalue weighted by atomic mass is 32.2. The zero-order valence-corrected chi connectivity index (χ0v) is 13.5. The van der Waals surface area contributed by atoms with Gasteiger partial charge < -0.3 is 4.90 Å². The van der Waals surface area contributed by atoms with Crippen LogP contribution >= 0.6 is 23.1 Å². The maximum Gasteiger partial charge on any atom is 0.233 e. The molecule has 0 N–H and O–H groups in total. The molecule has 0 aromatic carbocycles. The predicted molar refractivity (Wildman–Crippen MR) is 80.1 cm³/mol. The Morgan fingerprint density at radius 2 is 2.38 bits per heavy atom. The van der Waals surface area contributed by atoms with E-state index in [1.165, 1.54) is 11.8 Å². The molecule has 0 unspecified atom stereocenters. The van der Waals surface area contributed by atoms with Gasteiger partial charge in [0.25, 0.3) is 0 Å². The van der Waals surface area contributed by atoms with Crippen molar-refractivity contribution in [1.82, 2.24) is 30.1 Å². The van der Waals surface area contributed by atoms with Crippen LogP contribution in [0.15, 0.2) is 10.5 Å². The van der Waals surface area contributed by atoms with Crippen molar-refractivity contribution in [3.05, 3.63) is 16.1 Å². The minimum absolute atomic E-state index is 0.0519. The predicted octanol–water partition coefficient (Wildman–Crippen LogP) is 1.52. The molecular formula is C12H16N6OS2. The highest BCUT2D eigenvalue weighted by molar-refractivity contribution is 7.99. The first kappa shape index (κ1) is 14.5. The number of aromatic nitrogens is 5. The van der Waals surface area contributed by atoms with Gasteiger partial charge in [-0.15, -0.1) is 16.4 Å². The molecule has 2 heterocycles. The number of nitrogens with zero attached hydrogens (tertiary/aromatic N) is 6. The minimum atomic E-state index is 0.0519. The lowest BCUT2D eigenvalue weighted by molar-refractivity contribution is -0.127. The minimum Gasteiger partial charge on any atom is -0.339 e. The zero-order valence-electron chi connectivity index (χ0n) is 11.9. The molecule has 1 saturated carbocycles.